The molecule has 23 heavy (non-hydrogen) atoms. The summed E-state index contributed by atoms with van der Waals surface area (Å²) in [4.78, 5) is 14.3. The third kappa shape index (κ3) is 5.00. The highest BCUT2D eigenvalue weighted by molar-refractivity contribution is 6.31. The van der Waals surface area contributed by atoms with Crippen LogP contribution >= 0.6 is 11.6 Å². The molecule has 2 aromatic carbocycles. The first-order chi connectivity index (χ1) is 11.0. The van der Waals surface area contributed by atoms with Crippen molar-refractivity contribution in [1.82, 2.24) is 0 Å². The van der Waals surface area contributed by atoms with E-state index in [0.29, 0.717) is 18.0 Å². The standard InChI is InChI=1S/C19H23ClN2O/c1-4-22(17-7-5-6-14(2)12-17)11-10-19(23)21-16-9-8-15(3)18(20)13-16/h5-9,12-13H,4,10-11H2,1-3H3,(H,21,23). The molecule has 0 bridgehead atoms. The Kier molecular flexibility index (Phi) is 6.05. The highest BCUT2D eigenvalue weighted by atomic mass is 35.5. The van der Waals surface area contributed by atoms with E-state index in [-0.39, 0.29) is 5.91 Å². The first kappa shape index (κ1) is 17.4. The number of aryl methyl sites for hydroxylation is 2. The Morgan fingerprint density at radius 2 is 1.96 bits per heavy atom. The molecule has 1 amide bonds. The Hall–Kier alpha value is -2.00. The van der Waals surface area contributed by atoms with E-state index in [4.69, 9.17) is 11.6 Å². The van der Waals surface area contributed by atoms with Gasteiger partial charge in [-0.1, -0.05) is 29.8 Å². The topological polar surface area (TPSA) is 32.3 Å². The molecule has 0 saturated heterocycles. The van der Waals surface area contributed by atoms with Crippen LogP contribution in [0.4, 0.5) is 11.4 Å². The van der Waals surface area contributed by atoms with Crippen LogP contribution in [0.5, 0.6) is 0 Å². The minimum absolute atomic E-state index is 0.00368. The highest BCUT2D eigenvalue weighted by Gasteiger charge is 2.09. The summed E-state index contributed by atoms with van der Waals surface area (Å²) < 4.78 is 0. The van der Waals surface area contributed by atoms with Gasteiger partial charge in [0.1, 0.15) is 0 Å². The van der Waals surface area contributed by atoms with Crippen molar-refractivity contribution in [2.24, 2.45) is 0 Å². The zero-order chi connectivity index (χ0) is 16.8. The fourth-order valence-electron chi connectivity index (χ4n) is 2.43. The van der Waals surface area contributed by atoms with E-state index in [2.05, 4.69) is 42.3 Å². The van der Waals surface area contributed by atoms with Crippen molar-refractivity contribution in [2.75, 3.05) is 23.3 Å². The number of amides is 1. The average molecular weight is 331 g/mol. The number of hydrogen-bond acceptors (Lipinski definition) is 2. The number of rotatable bonds is 6. The number of nitrogens with one attached hydrogen (secondary N) is 1. The van der Waals surface area contributed by atoms with Gasteiger partial charge >= 0.3 is 0 Å². The molecule has 3 nitrogen and oxygen atoms in total. The second-order valence-electron chi connectivity index (χ2n) is 5.68. The Morgan fingerprint density at radius 1 is 1.17 bits per heavy atom. The summed E-state index contributed by atoms with van der Waals surface area (Å²) in [7, 11) is 0. The van der Waals surface area contributed by atoms with Gasteiger partial charge in [-0.15, -0.1) is 0 Å². The van der Waals surface area contributed by atoms with Crippen molar-refractivity contribution in [3.63, 3.8) is 0 Å². The molecule has 0 aliphatic heterocycles. The van der Waals surface area contributed by atoms with Crippen LogP contribution in [0.2, 0.25) is 5.02 Å². The van der Waals surface area contributed by atoms with Crippen molar-refractivity contribution in [3.05, 3.63) is 58.6 Å². The van der Waals surface area contributed by atoms with Crippen LogP contribution in [-0.4, -0.2) is 19.0 Å². The molecule has 0 saturated carbocycles. The number of benzene rings is 2. The second kappa shape index (κ2) is 8.02. The number of anilines is 2. The van der Waals surface area contributed by atoms with Gasteiger partial charge in [0, 0.05) is 35.9 Å². The lowest BCUT2D eigenvalue weighted by molar-refractivity contribution is -0.116. The molecule has 0 spiro atoms. The molecule has 2 aromatic rings. The van der Waals surface area contributed by atoms with Crippen LogP contribution in [0.3, 0.4) is 0 Å². The second-order valence-corrected chi connectivity index (χ2v) is 6.09. The van der Waals surface area contributed by atoms with Crippen LogP contribution in [0.25, 0.3) is 0 Å². The van der Waals surface area contributed by atoms with E-state index in [1.165, 1.54) is 5.56 Å². The van der Waals surface area contributed by atoms with Crippen molar-refractivity contribution < 1.29 is 4.79 Å². The molecule has 0 aliphatic rings. The van der Waals surface area contributed by atoms with Crippen molar-refractivity contribution in [3.8, 4) is 0 Å². The average Bonchev–Trinajstić information content (AvgIpc) is 2.52. The Balaban J connectivity index is 1.93. The molecule has 0 aliphatic carbocycles. The first-order valence-corrected chi connectivity index (χ1v) is 8.25. The third-order valence-corrected chi connectivity index (χ3v) is 4.22. The number of carbonyl (C=O) groups is 1. The Bertz CT molecular complexity index is 685. The fraction of sp³-hybridized carbons (Fsp3) is 0.316. The molecule has 0 atom stereocenters. The van der Waals surface area contributed by atoms with Gasteiger partial charge in [-0.25, -0.2) is 0 Å². The summed E-state index contributed by atoms with van der Waals surface area (Å²) in [6.45, 7) is 7.67. The lowest BCUT2D eigenvalue weighted by Gasteiger charge is -2.23. The number of carbonyl (C=O) groups excluding carboxylic acids is 1. The molecule has 0 aromatic heterocycles. The SMILES string of the molecule is CCN(CCC(=O)Nc1ccc(C)c(Cl)c1)c1cccc(C)c1. The predicted molar refractivity (Wildman–Crippen MR) is 98.5 cm³/mol. The number of nitrogens with zero attached hydrogens (tertiary/aromatic N) is 1. The molecule has 0 fully saturated rings. The Morgan fingerprint density at radius 3 is 2.61 bits per heavy atom. The quantitative estimate of drug-likeness (QED) is 0.824. The summed E-state index contributed by atoms with van der Waals surface area (Å²) in [5.41, 5.74) is 4.11. The highest BCUT2D eigenvalue weighted by Crippen LogP contribution is 2.20. The molecule has 2 rings (SSSR count). The molecule has 0 heterocycles. The first-order valence-electron chi connectivity index (χ1n) is 7.87. The Labute approximate surface area is 143 Å². The maximum Gasteiger partial charge on any atom is 0.226 e. The third-order valence-electron chi connectivity index (χ3n) is 3.81. The van der Waals surface area contributed by atoms with Crippen LogP contribution in [0, 0.1) is 13.8 Å². The smallest absolute Gasteiger partial charge is 0.226 e. The molecule has 1 N–H and O–H groups in total. The summed E-state index contributed by atoms with van der Waals surface area (Å²) >= 11 is 6.08. The zero-order valence-corrected chi connectivity index (χ0v) is 14.7. The maximum absolute atomic E-state index is 12.1. The van der Waals surface area contributed by atoms with Crippen LogP contribution in [0.1, 0.15) is 24.5 Å². The van der Waals surface area contributed by atoms with E-state index in [1.807, 2.05) is 25.1 Å². The zero-order valence-electron chi connectivity index (χ0n) is 13.9. The maximum atomic E-state index is 12.1. The van der Waals surface area contributed by atoms with Crippen molar-refractivity contribution >= 4 is 28.9 Å². The normalized spacial score (nSPS) is 10.4. The van der Waals surface area contributed by atoms with Crippen LogP contribution < -0.4 is 10.2 Å². The minimum Gasteiger partial charge on any atom is -0.371 e. The number of hydrogen-bond donors (Lipinski definition) is 1. The summed E-state index contributed by atoms with van der Waals surface area (Å²) in [5.74, 6) is -0.00368. The lowest BCUT2D eigenvalue weighted by Crippen LogP contribution is -2.27. The van der Waals surface area contributed by atoms with Gasteiger partial charge in [0.05, 0.1) is 0 Å². The molecular weight excluding hydrogens is 308 g/mol. The van der Waals surface area contributed by atoms with Crippen molar-refractivity contribution in [1.29, 1.82) is 0 Å². The fourth-order valence-corrected chi connectivity index (χ4v) is 2.61. The van der Waals surface area contributed by atoms with E-state index in [0.717, 1.165) is 23.5 Å². The predicted octanol–water partition coefficient (Wildman–Crippen LogP) is 4.81. The molecule has 4 heteroatoms. The van der Waals surface area contributed by atoms with Gasteiger partial charge < -0.3 is 10.2 Å². The van der Waals surface area contributed by atoms with Gasteiger partial charge in [0.25, 0.3) is 0 Å². The molecule has 0 unspecified atom stereocenters. The van der Waals surface area contributed by atoms with Crippen LogP contribution in [0.15, 0.2) is 42.5 Å². The van der Waals surface area contributed by atoms with E-state index in [9.17, 15) is 4.79 Å². The summed E-state index contributed by atoms with van der Waals surface area (Å²) in [6.07, 6.45) is 0.438. The molecule has 122 valence electrons. The summed E-state index contributed by atoms with van der Waals surface area (Å²) in [6, 6.07) is 13.9. The van der Waals surface area contributed by atoms with Gasteiger partial charge in [-0.2, -0.15) is 0 Å². The van der Waals surface area contributed by atoms with Gasteiger partial charge in [0.2, 0.25) is 5.91 Å². The monoisotopic (exact) mass is 330 g/mol. The number of halogens is 1. The summed E-state index contributed by atoms with van der Waals surface area (Å²) in [5, 5.41) is 3.57. The van der Waals surface area contributed by atoms with Gasteiger partial charge in [-0.3, -0.25) is 4.79 Å². The van der Waals surface area contributed by atoms with E-state index in [1.54, 1.807) is 6.07 Å². The molecule has 0 radical (unpaired) electrons. The van der Waals surface area contributed by atoms with E-state index >= 15 is 0 Å². The minimum atomic E-state index is -0.00368. The van der Waals surface area contributed by atoms with Crippen molar-refractivity contribution in [2.45, 2.75) is 27.2 Å². The van der Waals surface area contributed by atoms with E-state index < -0.39 is 0 Å². The van der Waals surface area contributed by atoms with Gasteiger partial charge in [-0.05, 0) is 56.2 Å². The molecular formula is C19H23ClN2O. The van der Waals surface area contributed by atoms with Crippen LogP contribution in [-0.2, 0) is 4.79 Å². The lowest BCUT2D eigenvalue weighted by atomic mass is 10.2. The largest absolute Gasteiger partial charge is 0.371 e. The van der Waals surface area contributed by atoms with Gasteiger partial charge in [0.15, 0.2) is 0 Å².